The number of nitro groups is 2. The van der Waals surface area contributed by atoms with E-state index in [9.17, 15) is 33.8 Å². The van der Waals surface area contributed by atoms with Crippen molar-refractivity contribution in [3.8, 4) is 5.75 Å². The number of nitrogens with zero attached hydrogens (tertiary/aromatic N) is 2. The van der Waals surface area contributed by atoms with Gasteiger partial charge in [0, 0.05) is 5.39 Å². The number of rotatable bonds is 3. The van der Waals surface area contributed by atoms with E-state index in [4.69, 9.17) is 4.55 Å². The molecule has 0 spiro atoms. The van der Waals surface area contributed by atoms with Gasteiger partial charge in [0.2, 0.25) is 5.75 Å². The Morgan fingerprint density at radius 2 is 1.48 bits per heavy atom. The first-order valence-electron chi connectivity index (χ1n) is 5.19. The standard InChI is InChI=1S/C10H6N2O8S.2Na.2H/c13-10-7-3-5(21(18,19)20)1-2-6(7)8(11(14)15)4-9(10)12(16)17;;;;/h1-4,13H,(H,18,19,20);;;;/q;2*+1;2*-1. The summed E-state index contributed by atoms with van der Waals surface area (Å²) < 4.78 is 31.0. The first-order valence-corrected chi connectivity index (χ1v) is 6.63. The van der Waals surface area contributed by atoms with Crippen molar-refractivity contribution in [2.24, 2.45) is 0 Å². The predicted molar refractivity (Wildman–Crippen MR) is 71.0 cm³/mol. The van der Waals surface area contributed by atoms with E-state index in [1.54, 1.807) is 0 Å². The van der Waals surface area contributed by atoms with Crippen molar-refractivity contribution in [1.82, 2.24) is 0 Å². The van der Waals surface area contributed by atoms with E-state index < -0.39 is 47.4 Å². The minimum Gasteiger partial charge on any atom is -1.00 e. The molecule has 23 heavy (non-hydrogen) atoms. The van der Waals surface area contributed by atoms with Crippen molar-refractivity contribution < 1.29 is 89.9 Å². The normalized spacial score (nSPS) is 10.5. The summed E-state index contributed by atoms with van der Waals surface area (Å²) in [5.74, 6) is -0.925. The molecule has 0 bridgehead atoms. The van der Waals surface area contributed by atoms with Gasteiger partial charge in [-0.05, 0) is 18.2 Å². The van der Waals surface area contributed by atoms with Crippen LogP contribution in [0.5, 0.6) is 5.75 Å². The maximum atomic E-state index is 11.0. The number of hydrogen-bond acceptors (Lipinski definition) is 7. The van der Waals surface area contributed by atoms with E-state index in [0.717, 1.165) is 18.2 Å². The fraction of sp³-hybridized carbons (Fsp3) is 0. The van der Waals surface area contributed by atoms with Gasteiger partial charge in [-0.1, -0.05) is 0 Å². The van der Waals surface area contributed by atoms with Crippen molar-refractivity contribution >= 4 is 32.3 Å². The Balaban J connectivity index is -0.00000121. The average molecular weight is 362 g/mol. The molecule has 10 nitrogen and oxygen atoms in total. The Kier molecular flexibility index (Phi) is 7.59. The Bertz CT molecular complexity index is 909. The van der Waals surface area contributed by atoms with Gasteiger partial charge in [0.05, 0.1) is 26.2 Å². The van der Waals surface area contributed by atoms with Crippen LogP contribution in [0, 0.1) is 20.2 Å². The van der Waals surface area contributed by atoms with Crippen LogP contribution in [0.15, 0.2) is 29.2 Å². The Labute approximate surface area is 176 Å². The fourth-order valence-electron chi connectivity index (χ4n) is 1.81. The molecule has 0 atom stereocenters. The average Bonchev–Trinajstić information content (AvgIpc) is 2.36. The molecule has 0 saturated carbocycles. The van der Waals surface area contributed by atoms with Gasteiger partial charge in [-0.15, -0.1) is 0 Å². The van der Waals surface area contributed by atoms with Crippen molar-refractivity contribution in [2.45, 2.75) is 4.90 Å². The van der Waals surface area contributed by atoms with Crippen LogP contribution in [0.3, 0.4) is 0 Å². The number of aromatic hydroxyl groups is 1. The van der Waals surface area contributed by atoms with E-state index in [2.05, 4.69) is 0 Å². The maximum Gasteiger partial charge on any atom is 1.00 e. The van der Waals surface area contributed by atoms with E-state index in [1.807, 2.05) is 0 Å². The molecule has 2 rings (SSSR count). The van der Waals surface area contributed by atoms with E-state index in [-0.39, 0.29) is 67.4 Å². The van der Waals surface area contributed by atoms with Gasteiger partial charge < -0.3 is 7.96 Å². The summed E-state index contributed by atoms with van der Waals surface area (Å²) in [6, 6.07) is 3.15. The number of hydrogen-bond donors (Lipinski definition) is 2. The third-order valence-corrected chi connectivity index (χ3v) is 3.58. The molecule has 2 aromatic carbocycles. The number of fused-ring (bicyclic) bond motifs is 1. The Hall–Kier alpha value is -0.790. The maximum absolute atomic E-state index is 11.0. The van der Waals surface area contributed by atoms with Gasteiger partial charge in [0.15, 0.2) is 0 Å². The van der Waals surface area contributed by atoms with Gasteiger partial charge in [0.25, 0.3) is 15.8 Å². The number of benzene rings is 2. The van der Waals surface area contributed by atoms with Crippen LogP contribution in [0.2, 0.25) is 0 Å². The molecule has 0 aliphatic heterocycles. The van der Waals surface area contributed by atoms with Crippen LogP contribution in [0.4, 0.5) is 11.4 Å². The summed E-state index contributed by atoms with van der Waals surface area (Å²) in [7, 11) is -4.63. The number of phenols is 1. The molecule has 0 unspecified atom stereocenters. The molecule has 2 aromatic rings. The molecule has 0 amide bonds. The third-order valence-electron chi connectivity index (χ3n) is 2.73. The number of phenolic OH excluding ortho intramolecular Hbond substituents is 1. The Morgan fingerprint density at radius 3 is 1.91 bits per heavy atom. The first-order chi connectivity index (χ1) is 9.62. The predicted octanol–water partition coefficient (Wildman–Crippen LogP) is -4.16. The van der Waals surface area contributed by atoms with E-state index in [0.29, 0.717) is 6.07 Å². The van der Waals surface area contributed by atoms with Gasteiger partial charge in [-0.25, -0.2) is 0 Å². The second kappa shape index (κ2) is 7.85. The summed E-state index contributed by atoms with van der Waals surface area (Å²) in [5, 5.41) is 30.8. The van der Waals surface area contributed by atoms with E-state index in [1.165, 1.54) is 0 Å². The molecule has 0 aliphatic rings. The molecule has 2 N–H and O–H groups in total. The Morgan fingerprint density at radius 1 is 0.957 bits per heavy atom. The van der Waals surface area contributed by atoms with Crippen molar-refractivity contribution in [3.05, 3.63) is 44.5 Å². The van der Waals surface area contributed by atoms with Crippen molar-refractivity contribution in [3.63, 3.8) is 0 Å². The molecule has 0 fully saturated rings. The van der Waals surface area contributed by atoms with Crippen LogP contribution >= 0.6 is 0 Å². The zero-order valence-corrected chi connectivity index (χ0v) is 16.8. The zero-order valence-electron chi connectivity index (χ0n) is 14.0. The van der Waals surface area contributed by atoms with Gasteiger partial charge in [-0.3, -0.25) is 24.8 Å². The van der Waals surface area contributed by atoms with Gasteiger partial charge in [0.1, 0.15) is 0 Å². The summed E-state index contributed by atoms with van der Waals surface area (Å²) in [4.78, 5) is 19.1. The smallest absolute Gasteiger partial charge is 1.00 e. The molecular weight excluding hydrogens is 354 g/mol. The molecule has 0 radical (unpaired) electrons. The quantitative estimate of drug-likeness (QED) is 0.241. The zero-order chi connectivity index (χ0) is 15.9. The number of non-ortho nitro benzene ring substituents is 1. The van der Waals surface area contributed by atoms with Crippen molar-refractivity contribution in [1.29, 1.82) is 0 Å². The SMILES string of the molecule is O=[N+]([O-])c1cc([N+](=O)[O-])c2ccc(S(=O)(=O)O)cc2c1O.[H-].[H-].[Na+].[Na+]. The second-order valence-electron chi connectivity index (χ2n) is 3.96. The van der Waals surface area contributed by atoms with Crippen LogP contribution in [-0.2, 0) is 10.1 Å². The van der Waals surface area contributed by atoms with Crippen molar-refractivity contribution in [2.75, 3.05) is 0 Å². The molecule has 0 aliphatic carbocycles. The largest absolute Gasteiger partial charge is 1.00 e. The van der Waals surface area contributed by atoms with E-state index >= 15 is 0 Å². The topological polar surface area (TPSA) is 161 Å². The molecule has 0 aromatic heterocycles. The second-order valence-corrected chi connectivity index (χ2v) is 5.38. The summed E-state index contributed by atoms with van der Waals surface area (Å²) in [6.45, 7) is 0. The minimum atomic E-state index is -4.63. The third kappa shape index (κ3) is 4.39. The summed E-state index contributed by atoms with van der Waals surface area (Å²) in [5.41, 5.74) is -1.61. The van der Waals surface area contributed by atoms with Crippen LogP contribution in [0.1, 0.15) is 2.85 Å². The van der Waals surface area contributed by atoms with Crippen LogP contribution in [-0.4, -0.2) is 27.9 Å². The molecule has 13 heteroatoms. The van der Waals surface area contributed by atoms with Crippen LogP contribution in [0.25, 0.3) is 10.8 Å². The number of nitro benzene ring substituents is 2. The fourth-order valence-corrected chi connectivity index (χ4v) is 2.31. The summed E-state index contributed by atoms with van der Waals surface area (Å²) in [6.07, 6.45) is 0. The van der Waals surface area contributed by atoms with Crippen LogP contribution < -0.4 is 59.1 Å². The first kappa shape index (κ1) is 22.2. The molecular formula is C10H8N2Na2O8S. The van der Waals surface area contributed by atoms with Gasteiger partial charge >= 0.3 is 64.8 Å². The molecule has 114 valence electrons. The van der Waals surface area contributed by atoms with Gasteiger partial charge in [-0.2, -0.15) is 8.42 Å². The molecule has 0 heterocycles. The molecule has 0 saturated heterocycles. The summed E-state index contributed by atoms with van der Waals surface area (Å²) >= 11 is 0. The monoisotopic (exact) mass is 362 g/mol. The minimum absolute atomic E-state index is 0.